The molecular formula is C21H21N5O4. The van der Waals surface area contributed by atoms with Gasteiger partial charge in [-0.1, -0.05) is 24.3 Å². The number of carbonyl (C=O) groups excluding carboxylic acids is 2. The van der Waals surface area contributed by atoms with Crippen LogP contribution in [-0.4, -0.2) is 60.4 Å². The summed E-state index contributed by atoms with van der Waals surface area (Å²) in [6.07, 6.45) is 2.99. The highest BCUT2D eigenvalue weighted by atomic mass is 16.5. The SMILES string of the molecule is COCCN1CN(C)n2cc(C(=O)Nc3nccc4ccccc34)c(=O)cc2C1=O. The molecule has 9 heteroatoms. The number of hydrogen-bond donors (Lipinski definition) is 1. The van der Waals surface area contributed by atoms with E-state index in [4.69, 9.17) is 4.74 Å². The van der Waals surface area contributed by atoms with Gasteiger partial charge in [0.1, 0.15) is 23.7 Å². The van der Waals surface area contributed by atoms with E-state index in [1.165, 1.54) is 16.9 Å². The first-order valence-corrected chi connectivity index (χ1v) is 9.41. The molecule has 3 heterocycles. The lowest BCUT2D eigenvalue weighted by Crippen LogP contribution is -2.53. The zero-order valence-electron chi connectivity index (χ0n) is 16.7. The van der Waals surface area contributed by atoms with Gasteiger partial charge in [-0.15, -0.1) is 0 Å². The number of rotatable bonds is 5. The fourth-order valence-electron chi connectivity index (χ4n) is 3.45. The molecule has 1 aliphatic rings. The summed E-state index contributed by atoms with van der Waals surface area (Å²) in [5.74, 6) is -0.498. The number of nitrogens with one attached hydrogen (secondary N) is 1. The number of nitrogens with zero attached hydrogens (tertiary/aromatic N) is 4. The summed E-state index contributed by atoms with van der Waals surface area (Å²) >= 11 is 0. The van der Waals surface area contributed by atoms with Gasteiger partial charge in [0, 0.05) is 44.5 Å². The van der Waals surface area contributed by atoms with Crippen LogP contribution in [0.25, 0.3) is 10.8 Å². The van der Waals surface area contributed by atoms with Crippen LogP contribution in [0.2, 0.25) is 0 Å². The van der Waals surface area contributed by atoms with Crippen molar-refractivity contribution in [2.45, 2.75) is 0 Å². The number of hydrogen-bond acceptors (Lipinski definition) is 6. The average molecular weight is 407 g/mol. The van der Waals surface area contributed by atoms with Crippen LogP contribution in [0.4, 0.5) is 5.82 Å². The molecule has 0 atom stereocenters. The minimum Gasteiger partial charge on any atom is -0.383 e. The third-order valence-corrected chi connectivity index (χ3v) is 5.00. The Labute approximate surface area is 172 Å². The lowest BCUT2D eigenvalue weighted by atomic mass is 10.1. The molecule has 0 radical (unpaired) electrons. The monoisotopic (exact) mass is 407 g/mol. The summed E-state index contributed by atoms with van der Waals surface area (Å²) in [5.41, 5.74) is -0.405. The van der Waals surface area contributed by atoms with Gasteiger partial charge in [0.15, 0.2) is 5.43 Å². The first-order chi connectivity index (χ1) is 14.5. The Morgan fingerprint density at radius 3 is 2.83 bits per heavy atom. The third kappa shape index (κ3) is 3.50. The second-order valence-electron chi connectivity index (χ2n) is 6.98. The second kappa shape index (κ2) is 7.96. The summed E-state index contributed by atoms with van der Waals surface area (Å²) in [5, 5.41) is 6.16. The molecule has 1 N–H and O–H groups in total. The topological polar surface area (TPSA) is 96.8 Å². The fourth-order valence-corrected chi connectivity index (χ4v) is 3.45. The summed E-state index contributed by atoms with van der Waals surface area (Å²) in [6, 6.07) is 10.5. The van der Waals surface area contributed by atoms with Gasteiger partial charge in [-0.3, -0.25) is 24.1 Å². The number of anilines is 1. The summed E-state index contributed by atoms with van der Waals surface area (Å²) < 4.78 is 6.56. The first-order valence-electron chi connectivity index (χ1n) is 9.41. The van der Waals surface area contributed by atoms with Crippen molar-refractivity contribution in [3.05, 3.63) is 70.3 Å². The predicted molar refractivity (Wildman–Crippen MR) is 112 cm³/mol. The van der Waals surface area contributed by atoms with E-state index < -0.39 is 11.3 Å². The minimum absolute atomic E-state index is 0.0709. The van der Waals surface area contributed by atoms with Crippen LogP contribution in [0, 0.1) is 0 Å². The quantitative estimate of drug-likeness (QED) is 0.684. The molecule has 0 spiro atoms. The van der Waals surface area contributed by atoms with Gasteiger partial charge in [0.2, 0.25) is 0 Å². The van der Waals surface area contributed by atoms with Crippen LogP contribution in [0.15, 0.2) is 53.6 Å². The molecule has 3 aromatic rings. The van der Waals surface area contributed by atoms with Gasteiger partial charge in [0.25, 0.3) is 11.8 Å². The van der Waals surface area contributed by atoms with Gasteiger partial charge in [-0.2, -0.15) is 0 Å². The van der Waals surface area contributed by atoms with Gasteiger partial charge in [0.05, 0.1) is 6.61 Å². The van der Waals surface area contributed by atoms with E-state index >= 15 is 0 Å². The minimum atomic E-state index is -0.582. The number of ether oxygens (including phenoxy) is 1. The van der Waals surface area contributed by atoms with E-state index in [2.05, 4.69) is 10.3 Å². The standard InChI is InChI=1S/C21H21N5O4/c1-24-13-25(9-10-30-2)21(29)17-11-18(27)16(12-26(17)24)20(28)23-19-15-6-4-3-5-14(15)7-8-22-19/h3-8,11-12H,9-10,13H2,1-2H3,(H,22,23,28). The summed E-state index contributed by atoms with van der Waals surface area (Å²) in [4.78, 5) is 44.0. The molecule has 154 valence electrons. The van der Waals surface area contributed by atoms with Crippen molar-refractivity contribution in [1.82, 2.24) is 14.6 Å². The number of methoxy groups -OCH3 is 1. The van der Waals surface area contributed by atoms with Crippen molar-refractivity contribution >= 4 is 28.4 Å². The van der Waals surface area contributed by atoms with Crippen LogP contribution < -0.4 is 15.8 Å². The van der Waals surface area contributed by atoms with E-state index in [9.17, 15) is 14.4 Å². The molecule has 9 nitrogen and oxygen atoms in total. The number of fused-ring (bicyclic) bond motifs is 2. The number of pyridine rings is 2. The first kappa shape index (κ1) is 19.6. The van der Waals surface area contributed by atoms with Crippen molar-refractivity contribution in [3.63, 3.8) is 0 Å². The van der Waals surface area contributed by atoms with Crippen LogP contribution in [0.3, 0.4) is 0 Å². The van der Waals surface area contributed by atoms with E-state index in [1.54, 1.807) is 30.3 Å². The highest BCUT2D eigenvalue weighted by Gasteiger charge is 2.28. The Kier molecular flexibility index (Phi) is 5.20. The third-order valence-electron chi connectivity index (χ3n) is 5.00. The molecule has 30 heavy (non-hydrogen) atoms. The fraction of sp³-hybridized carbons (Fsp3) is 0.238. The normalized spacial score (nSPS) is 13.5. The molecule has 0 saturated heterocycles. The predicted octanol–water partition coefficient (Wildman–Crippen LogP) is 1.28. The molecule has 0 aliphatic carbocycles. The molecule has 2 aromatic heterocycles. The number of aromatic nitrogens is 2. The van der Waals surface area contributed by atoms with E-state index in [0.717, 1.165) is 10.8 Å². The van der Waals surface area contributed by atoms with Crippen LogP contribution >= 0.6 is 0 Å². The van der Waals surface area contributed by atoms with Crippen LogP contribution in [0.5, 0.6) is 0 Å². The molecule has 1 aromatic carbocycles. The summed E-state index contributed by atoms with van der Waals surface area (Å²) in [6.45, 7) is 1.11. The Hall–Kier alpha value is -3.72. The van der Waals surface area contributed by atoms with Crippen molar-refractivity contribution < 1.29 is 14.3 Å². The molecule has 0 bridgehead atoms. The number of amides is 2. The molecule has 1 aliphatic heterocycles. The highest BCUT2D eigenvalue weighted by molar-refractivity contribution is 6.08. The summed E-state index contributed by atoms with van der Waals surface area (Å²) in [7, 11) is 3.33. The van der Waals surface area contributed by atoms with Crippen molar-refractivity contribution in [1.29, 1.82) is 0 Å². The van der Waals surface area contributed by atoms with E-state index in [1.807, 2.05) is 30.3 Å². The molecule has 0 saturated carbocycles. The Morgan fingerprint density at radius 2 is 2.03 bits per heavy atom. The maximum absolute atomic E-state index is 12.9. The van der Waals surface area contributed by atoms with E-state index in [0.29, 0.717) is 25.6 Å². The van der Waals surface area contributed by atoms with Gasteiger partial charge in [-0.25, -0.2) is 4.98 Å². The van der Waals surface area contributed by atoms with E-state index in [-0.39, 0.29) is 17.2 Å². The maximum atomic E-state index is 12.9. The van der Waals surface area contributed by atoms with Gasteiger partial charge in [-0.05, 0) is 11.5 Å². The van der Waals surface area contributed by atoms with Crippen LogP contribution in [-0.2, 0) is 4.74 Å². The van der Waals surface area contributed by atoms with Crippen molar-refractivity contribution in [2.24, 2.45) is 0 Å². The Balaban J connectivity index is 1.66. The molecule has 0 fully saturated rings. The number of benzene rings is 1. The second-order valence-corrected chi connectivity index (χ2v) is 6.98. The lowest BCUT2D eigenvalue weighted by Gasteiger charge is -2.37. The highest BCUT2D eigenvalue weighted by Crippen LogP contribution is 2.21. The molecule has 4 rings (SSSR count). The molecule has 2 amide bonds. The Bertz CT molecular complexity index is 1180. The number of carbonyl (C=O) groups is 2. The van der Waals surface area contributed by atoms with Gasteiger partial charge >= 0.3 is 0 Å². The Morgan fingerprint density at radius 1 is 1.23 bits per heavy atom. The van der Waals surface area contributed by atoms with Crippen molar-refractivity contribution in [3.8, 4) is 0 Å². The smallest absolute Gasteiger partial charge is 0.274 e. The maximum Gasteiger partial charge on any atom is 0.274 e. The van der Waals surface area contributed by atoms with Crippen molar-refractivity contribution in [2.75, 3.05) is 44.3 Å². The van der Waals surface area contributed by atoms with Crippen LogP contribution in [0.1, 0.15) is 20.8 Å². The molecule has 0 unspecified atom stereocenters. The average Bonchev–Trinajstić information content (AvgIpc) is 2.75. The molecular weight excluding hydrogens is 386 g/mol. The zero-order valence-corrected chi connectivity index (χ0v) is 16.7. The van der Waals surface area contributed by atoms with Gasteiger partial charge < -0.3 is 15.0 Å². The lowest BCUT2D eigenvalue weighted by molar-refractivity contribution is 0.0634. The largest absolute Gasteiger partial charge is 0.383 e. The zero-order chi connectivity index (χ0) is 21.3.